The molecule has 1 aliphatic heterocycles. The molecule has 1 saturated heterocycles. The summed E-state index contributed by atoms with van der Waals surface area (Å²) < 4.78 is 31.8. The van der Waals surface area contributed by atoms with Crippen LogP contribution in [0.1, 0.15) is 20.8 Å². The minimum Gasteiger partial charge on any atom is -0.494 e. The Labute approximate surface area is 240 Å². The molecule has 0 radical (unpaired) electrons. The van der Waals surface area contributed by atoms with E-state index in [0.717, 1.165) is 24.2 Å². The summed E-state index contributed by atoms with van der Waals surface area (Å²) in [4.78, 5) is 25.4. The molecule has 1 aliphatic rings. The van der Waals surface area contributed by atoms with Gasteiger partial charge in [0.1, 0.15) is 11.6 Å². The number of para-hydroxylation sites is 2. The predicted octanol–water partition coefficient (Wildman–Crippen LogP) is 4.98. The van der Waals surface area contributed by atoms with Crippen molar-refractivity contribution in [2.24, 2.45) is 0 Å². The highest BCUT2D eigenvalue weighted by atomic mass is 32.2. The van der Waals surface area contributed by atoms with Crippen LogP contribution in [0.5, 0.6) is 5.75 Å². The van der Waals surface area contributed by atoms with Crippen molar-refractivity contribution in [2.75, 3.05) is 48.8 Å². The molecule has 4 aromatic rings. The van der Waals surface area contributed by atoms with E-state index in [-0.39, 0.29) is 10.8 Å². The number of benzene rings is 3. The Hall–Kier alpha value is -4.38. The normalized spacial score (nSPS) is 13.9. The SMILES string of the molecule is COc1cc(N2CCN(C(C)=O)CC2)ccc1Nc1nc(Nc2ccccc2S(=O)(=O)C(C)C)c2ccccc2n1. The zero-order valence-electron chi connectivity index (χ0n) is 23.6. The minimum atomic E-state index is -3.53. The smallest absolute Gasteiger partial charge is 0.229 e. The number of amides is 1. The topological polar surface area (TPSA) is 117 Å². The third-order valence-electron chi connectivity index (χ3n) is 7.19. The number of sulfone groups is 1. The van der Waals surface area contributed by atoms with Gasteiger partial charge in [-0.2, -0.15) is 4.98 Å². The van der Waals surface area contributed by atoms with Gasteiger partial charge in [-0.3, -0.25) is 4.79 Å². The minimum absolute atomic E-state index is 0.0936. The number of hydrogen-bond donors (Lipinski definition) is 2. The van der Waals surface area contributed by atoms with Crippen LogP contribution in [0.3, 0.4) is 0 Å². The molecule has 0 unspecified atom stereocenters. The first kappa shape index (κ1) is 28.2. The quantitative estimate of drug-likeness (QED) is 0.301. The van der Waals surface area contributed by atoms with E-state index in [1.165, 1.54) is 0 Å². The van der Waals surface area contributed by atoms with E-state index in [9.17, 15) is 13.2 Å². The van der Waals surface area contributed by atoms with Crippen molar-refractivity contribution in [3.63, 3.8) is 0 Å². The standard InChI is InChI=1S/C30H34N6O4S/c1-20(2)41(38,39)28-12-8-7-11-26(28)31-29-23-9-5-6-10-24(23)32-30(34-29)33-25-14-13-22(19-27(25)40-4)36-17-15-35(16-18-36)21(3)37/h5-14,19-20H,15-18H2,1-4H3,(H2,31,32,33,34). The Morgan fingerprint density at radius 1 is 0.902 bits per heavy atom. The van der Waals surface area contributed by atoms with Gasteiger partial charge in [0, 0.05) is 50.2 Å². The molecule has 0 aliphatic carbocycles. The Morgan fingerprint density at radius 3 is 2.32 bits per heavy atom. The lowest BCUT2D eigenvalue weighted by Crippen LogP contribution is -2.48. The third kappa shape index (κ3) is 5.90. The van der Waals surface area contributed by atoms with E-state index in [0.29, 0.717) is 47.5 Å². The number of nitrogens with zero attached hydrogens (tertiary/aromatic N) is 4. The number of rotatable bonds is 8. The summed E-state index contributed by atoms with van der Waals surface area (Å²) in [5.74, 6) is 1.52. The van der Waals surface area contributed by atoms with E-state index in [1.807, 2.05) is 47.4 Å². The number of carbonyl (C=O) groups is 1. The second-order valence-corrected chi connectivity index (χ2v) is 12.6. The van der Waals surface area contributed by atoms with E-state index in [2.05, 4.69) is 15.5 Å². The van der Waals surface area contributed by atoms with Crippen molar-refractivity contribution in [2.45, 2.75) is 30.9 Å². The Bertz CT molecular complexity index is 1680. The number of piperazine rings is 1. The van der Waals surface area contributed by atoms with Crippen LogP contribution in [0.2, 0.25) is 0 Å². The molecule has 2 heterocycles. The van der Waals surface area contributed by atoms with Crippen LogP contribution in [-0.2, 0) is 14.6 Å². The van der Waals surface area contributed by atoms with Gasteiger partial charge in [0.25, 0.3) is 0 Å². The van der Waals surface area contributed by atoms with Crippen LogP contribution in [-0.4, -0.2) is 67.7 Å². The number of anilines is 5. The molecule has 10 nitrogen and oxygen atoms in total. The van der Waals surface area contributed by atoms with Crippen LogP contribution < -0.4 is 20.3 Å². The molecule has 41 heavy (non-hydrogen) atoms. The zero-order valence-corrected chi connectivity index (χ0v) is 24.4. The maximum Gasteiger partial charge on any atom is 0.229 e. The van der Waals surface area contributed by atoms with Gasteiger partial charge in [-0.05, 0) is 50.2 Å². The van der Waals surface area contributed by atoms with Gasteiger partial charge >= 0.3 is 0 Å². The van der Waals surface area contributed by atoms with Crippen molar-refractivity contribution in [1.29, 1.82) is 0 Å². The summed E-state index contributed by atoms with van der Waals surface area (Å²) >= 11 is 0. The van der Waals surface area contributed by atoms with Gasteiger partial charge in [0.05, 0.1) is 34.1 Å². The molecule has 1 fully saturated rings. The molecule has 0 atom stereocenters. The first-order valence-electron chi connectivity index (χ1n) is 13.5. The van der Waals surface area contributed by atoms with Crippen molar-refractivity contribution < 1.29 is 17.9 Å². The number of nitrogens with one attached hydrogen (secondary N) is 2. The van der Waals surface area contributed by atoms with E-state index < -0.39 is 15.1 Å². The highest BCUT2D eigenvalue weighted by Crippen LogP contribution is 2.34. The van der Waals surface area contributed by atoms with Gasteiger partial charge in [-0.25, -0.2) is 13.4 Å². The zero-order chi connectivity index (χ0) is 29.1. The van der Waals surface area contributed by atoms with Crippen LogP contribution in [0.25, 0.3) is 10.9 Å². The Balaban J connectivity index is 1.46. The Kier molecular flexibility index (Phi) is 7.98. The van der Waals surface area contributed by atoms with Crippen LogP contribution in [0.4, 0.5) is 28.8 Å². The number of hydrogen-bond acceptors (Lipinski definition) is 9. The lowest BCUT2D eigenvalue weighted by atomic mass is 10.2. The van der Waals surface area contributed by atoms with Crippen LogP contribution in [0, 0.1) is 0 Å². The maximum absolute atomic E-state index is 13.1. The monoisotopic (exact) mass is 574 g/mol. The molecule has 3 aromatic carbocycles. The van der Waals surface area contributed by atoms with Gasteiger partial charge in [-0.1, -0.05) is 24.3 Å². The number of methoxy groups -OCH3 is 1. The molecular formula is C30H34N6O4S. The van der Waals surface area contributed by atoms with Crippen LogP contribution >= 0.6 is 0 Å². The van der Waals surface area contributed by atoms with E-state index >= 15 is 0 Å². The molecule has 0 bridgehead atoms. The number of aromatic nitrogens is 2. The molecular weight excluding hydrogens is 540 g/mol. The third-order valence-corrected chi connectivity index (χ3v) is 9.40. The molecule has 5 rings (SSSR count). The molecule has 214 valence electrons. The van der Waals surface area contributed by atoms with Gasteiger partial charge in [-0.15, -0.1) is 0 Å². The maximum atomic E-state index is 13.1. The van der Waals surface area contributed by atoms with Crippen molar-refractivity contribution >= 4 is 55.5 Å². The first-order valence-corrected chi connectivity index (χ1v) is 15.0. The van der Waals surface area contributed by atoms with E-state index in [4.69, 9.17) is 14.7 Å². The fourth-order valence-corrected chi connectivity index (χ4v) is 6.01. The van der Waals surface area contributed by atoms with Crippen LogP contribution in [0.15, 0.2) is 71.6 Å². The second-order valence-electron chi connectivity index (χ2n) is 10.1. The van der Waals surface area contributed by atoms with Crippen molar-refractivity contribution in [3.05, 3.63) is 66.7 Å². The summed E-state index contributed by atoms with van der Waals surface area (Å²) in [6, 6.07) is 20.3. The fourth-order valence-electron chi connectivity index (χ4n) is 4.81. The average molecular weight is 575 g/mol. The highest BCUT2D eigenvalue weighted by Gasteiger charge is 2.24. The second kappa shape index (κ2) is 11.6. The highest BCUT2D eigenvalue weighted by molar-refractivity contribution is 7.92. The molecule has 1 aromatic heterocycles. The molecule has 0 saturated carbocycles. The number of fused-ring (bicyclic) bond motifs is 1. The summed E-state index contributed by atoms with van der Waals surface area (Å²) in [5, 5.41) is 6.72. The van der Waals surface area contributed by atoms with Gasteiger partial charge in [0.2, 0.25) is 11.9 Å². The average Bonchev–Trinajstić information content (AvgIpc) is 2.97. The van der Waals surface area contributed by atoms with Crippen molar-refractivity contribution in [3.8, 4) is 5.75 Å². The largest absolute Gasteiger partial charge is 0.494 e. The lowest BCUT2D eigenvalue weighted by molar-refractivity contribution is -0.129. The molecule has 0 spiro atoms. The first-order chi connectivity index (χ1) is 19.7. The fraction of sp³-hybridized carbons (Fsp3) is 0.300. The van der Waals surface area contributed by atoms with Crippen molar-refractivity contribution in [1.82, 2.24) is 14.9 Å². The molecule has 1 amide bonds. The summed E-state index contributed by atoms with van der Waals surface area (Å²) in [7, 11) is -1.92. The summed E-state index contributed by atoms with van der Waals surface area (Å²) in [5.41, 5.74) is 2.82. The predicted molar refractivity (Wildman–Crippen MR) is 162 cm³/mol. The molecule has 2 N–H and O–H groups in total. The number of carbonyl (C=O) groups excluding carboxylic acids is 1. The molecule has 11 heteroatoms. The Morgan fingerprint density at radius 2 is 1.61 bits per heavy atom. The van der Waals surface area contributed by atoms with Gasteiger partial charge in [0.15, 0.2) is 9.84 Å². The lowest BCUT2D eigenvalue weighted by Gasteiger charge is -2.35. The van der Waals surface area contributed by atoms with Gasteiger partial charge < -0.3 is 25.2 Å². The summed E-state index contributed by atoms with van der Waals surface area (Å²) in [6.07, 6.45) is 0. The summed E-state index contributed by atoms with van der Waals surface area (Å²) in [6.45, 7) is 7.78. The number of ether oxygens (including phenoxy) is 1. The van der Waals surface area contributed by atoms with E-state index in [1.54, 1.807) is 52.1 Å².